The summed E-state index contributed by atoms with van der Waals surface area (Å²) in [5, 5.41) is 2.66. The summed E-state index contributed by atoms with van der Waals surface area (Å²) in [6, 6.07) is 4.21. The van der Waals surface area contributed by atoms with E-state index in [4.69, 9.17) is 0 Å². The Labute approximate surface area is 141 Å². The monoisotopic (exact) mass is 351 g/mol. The first kappa shape index (κ1) is 16.9. The Balaban J connectivity index is 1.89. The minimum Gasteiger partial charge on any atom is -0.355 e. The molecule has 1 aromatic carbocycles. The molecule has 0 bridgehead atoms. The van der Waals surface area contributed by atoms with Gasteiger partial charge in [-0.2, -0.15) is 4.72 Å². The van der Waals surface area contributed by atoms with Crippen molar-refractivity contribution in [2.24, 2.45) is 0 Å². The molecule has 24 heavy (non-hydrogen) atoms. The van der Waals surface area contributed by atoms with E-state index in [0.29, 0.717) is 37.2 Å². The highest BCUT2D eigenvalue weighted by atomic mass is 32.2. The number of nitrogens with zero attached hydrogens (tertiary/aromatic N) is 1. The minimum atomic E-state index is -3.84. The molecule has 0 saturated carbocycles. The minimum absolute atomic E-state index is 0.00168. The van der Waals surface area contributed by atoms with Gasteiger partial charge in [-0.15, -0.1) is 0 Å². The van der Waals surface area contributed by atoms with Gasteiger partial charge in [0.2, 0.25) is 21.8 Å². The Kier molecular flexibility index (Phi) is 4.60. The Morgan fingerprint density at radius 3 is 2.71 bits per heavy atom. The first-order valence-electron chi connectivity index (χ1n) is 8.09. The second-order valence-corrected chi connectivity index (χ2v) is 7.89. The lowest BCUT2D eigenvalue weighted by Gasteiger charge is -2.23. The molecule has 2 aliphatic rings. The molecule has 2 saturated heterocycles. The molecule has 130 valence electrons. The Bertz CT molecular complexity index is 776. The van der Waals surface area contributed by atoms with Crippen LogP contribution in [0, 0.1) is 6.92 Å². The number of carbonyl (C=O) groups is 2. The normalized spacial score (nSPS) is 21.9. The third-order valence-electron chi connectivity index (χ3n) is 4.43. The first-order valence-corrected chi connectivity index (χ1v) is 9.58. The molecule has 7 nitrogen and oxygen atoms in total. The third-order valence-corrected chi connectivity index (χ3v) is 6.04. The van der Waals surface area contributed by atoms with Crippen LogP contribution in [0.4, 0.5) is 5.69 Å². The van der Waals surface area contributed by atoms with Crippen LogP contribution in [0.1, 0.15) is 31.2 Å². The number of sulfonamides is 1. The fourth-order valence-electron chi connectivity index (χ4n) is 3.10. The van der Waals surface area contributed by atoms with E-state index < -0.39 is 16.1 Å². The molecule has 1 aromatic rings. The lowest BCUT2D eigenvalue weighted by Crippen LogP contribution is -2.50. The Morgan fingerprint density at radius 2 is 2.04 bits per heavy atom. The van der Waals surface area contributed by atoms with E-state index in [9.17, 15) is 18.0 Å². The molecular formula is C16H21N3O4S. The van der Waals surface area contributed by atoms with E-state index in [1.165, 1.54) is 6.07 Å². The summed E-state index contributed by atoms with van der Waals surface area (Å²) in [5.74, 6) is -0.296. The van der Waals surface area contributed by atoms with Gasteiger partial charge in [-0.05, 0) is 43.9 Å². The predicted molar refractivity (Wildman–Crippen MR) is 89.1 cm³/mol. The van der Waals surface area contributed by atoms with Crippen LogP contribution >= 0.6 is 0 Å². The highest BCUT2D eigenvalue weighted by molar-refractivity contribution is 7.89. The zero-order chi connectivity index (χ0) is 17.3. The molecule has 1 unspecified atom stereocenters. The largest absolute Gasteiger partial charge is 0.355 e. The molecule has 1 atom stereocenters. The van der Waals surface area contributed by atoms with Gasteiger partial charge < -0.3 is 10.2 Å². The van der Waals surface area contributed by atoms with Crippen molar-refractivity contribution in [3.63, 3.8) is 0 Å². The Morgan fingerprint density at radius 1 is 1.25 bits per heavy atom. The number of hydrogen-bond acceptors (Lipinski definition) is 4. The average molecular weight is 351 g/mol. The molecule has 2 fully saturated rings. The SMILES string of the molecule is Cc1ccc(N2CCCC2=O)cc1S(=O)(=O)NC1CCCNC1=O. The molecule has 2 N–H and O–H groups in total. The molecule has 0 aliphatic carbocycles. The lowest BCUT2D eigenvalue weighted by molar-refractivity contribution is -0.124. The van der Waals surface area contributed by atoms with Gasteiger partial charge in [0.25, 0.3) is 0 Å². The first-order chi connectivity index (χ1) is 11.4. The smallest absolute Gasteiger partial charge is 0.241 e. The van der Waals surface area contributed by atoms with E-state index in [1.807, 2.05) is 0 Å². The van der Waals surface area contributed by atoms with Crippen LogP contribution in [-0.4, -0.2) is 39.4 Å². The van der Waals surface area contributed by atoms with Gasteiger partial charge in [0.15, 0.2) is 0 Å². The number of piperidine rings is 1. The number of benzene rings is 1. The molecule has 0 aromatic heterocycles. The second-order valence-electron chi connectivity index (χ2n) is 6.21. The number of hydrogen-bond donors (Lipinski definition) is 2. The highest BCUT2D eigenvalue weighted by Crippen LogP contribution is 2.26. The zero-order valence-corrected chi connectivity index (χ0v) is 14.4. The maximum Gasteiger partial charge on any atom is 0.241 e. The molecule has 2 aliphatic heterocycles. The standard InChI is InChI=1S/C16H21N3O4S/c1-11-6-7-12(19-9-3-5-15(19)20)10-14(11)24(22,23)18-13-4-2-8-17-16(13)21/h6-7,10,13,18H,2-5,8-9H2,1H3,(H,17,21). The van der Waals surface area contributed by atoms with E-state index in [-0.39, 0.29) is 16.7 Å². The molecule has 3 rings (SSSR count). The average Bonchev–Trinajstić information content (AvgIpc) is 2.96. The van der Waals surface area contributed by atoms with Crippen molar-refractivity contribution in [1.82, 2.24) is 10.0 Å². The van der Waals surface area contributed by atoms with Crippen LogP contribution in [0.25, 0.3) is 0 Å². The van der Waals surface area contributed by atoms with Crippen molar-refractivity contribution < 1.29 is 18.0 Å². The van der Waals surface area contributed by atoms with Crippen LogP contribution in [0.2, 0.25) is 0 Å². The number of aryl methyl sites for hydroxylation is 1. The molecular weight excluding hydrogens is 330 g/mol. The number of rotatable bonds is 4. The second kappa shape index (κ2) is 6.52. The van der Waals surface area contributed by atoms with E-state index >= 15 is 0 Å². The van der Waals surface area contributed by atoms with Crippen molar-refractivity contribution in [3.05, 3.63) is 23.8 Å². The maximum atomic E-state index is 12.7. The van der Waals surface area contributed by atoms with Crippen LogP contribution in [-0.2, 0) is 19.6 Å². The summed E-state index contributed by atoms with van der Waals surface area (Å²) in [4.78, 5) is 25.4. The fourth-order valence-corrected chi connectivity index (χ4v) is 4.60. The summed E-state index contributed by atoms with van der Waals surface area (Å²) in [6.07, 6.45) is 2.47. The summed E-state index contributed by atoms with van der Waals surface area (Å²) in [7, 11) is -3.84. The quantitative estimate of drug-likeness (QED) is 0.834. The molecule has 0 spiro atoms. The van der Waals surface area contributed by atoms with Gasteiger partial charge in [-0.3, -0.25) is 9.59 Å². The third kappa shape index (κ3) is 3.29. The van der Waals surface area contributed by atoms with Crippen LogP contribution in [0.3, 0.4) is 0 Å². The van der Waals surface area contributed by atoms with Gasteiger partial charge in [0.1, 0.15) is 6.04 Å². The summed E-state index contributed by atoms with van der Waals surface area (Å²) in [6.45, 7) is 2.87. The topological polar surface area (TPSA) is 95.6 Å². The van der Waals surface area contributed by atoms with Gasteiger partial charge in [-0.25, -0.2) is 8.42 Å². The predicted octanol–water partition coefficient (Wildman–Crippen LogP) is 0.679. The van der Waals surface area contributed by atoms with Crippen LogP contribution in [0.5, 0.6) is 0 Å². The molecule has 2 heterocycles. The highest BCUT2D eigenvalue weighted by Gasteiger charge is 2.29. The number of anilines is 1. The number of carbonyl (C=O) groups excluding carboxylic acids is 2. The van der Waals surface area contributed by atoms with Gasteiger partial charge in [0, 0.05) is 25.2 Å². The summed E-state index contributed by atoms with van der Waals surface area (Å²) in [5.41, 5.74) is 1.16. The van der Waals surface area contributed by atoms with Gasteiger partial charge >= 0.3 is 0 Å². The molecule has 8 heteroatoms. The van der Waals surface area contributed by atoms with Gasteiger partial charge in [-0.1, -0.05) is 6.07 Å². The molecule has 0 radical (unpaired) electrons. The maximum absolute atomic E-state index is 12.7. The van der Waals surface area contributed by atoms with Crippen molar-refractivity contribution >= 4 is 27.5 Å². The lowest BCUT2D eigenvalue weighted by atomic mass is 10.1. The Hall–Kier alpha value is -1.93. The number of nitrogens with one attached hydrogen (secondary N) is 2. The van der Waals surface area contributed by atoms with E-state index in [0.717, 1.165) is 12.8 Å². The summed E-state index contributed by atoms with van der Waals surface area (Å²) < 4.78 is 27.9. The van der Waals surface area contributed by atoms with Crippen LogP contribution in [0.15, 0.2) is 23.1 Å². The number of amides is 2. The fraction of sp³-hybridized carbons (Fsp3) is 0.500. The van der Waals surface area contributed by atoms with Crippen molar-refractivity contribution in [3.8, 4) is 0 Å². The van der Waals surface area contributed by atoms with E-state index in [2.05, 4.69) is 10.0 Å². The summed E-state index contributed by atoms with van der Waals surface area (Å²) >= 11 is 0. The van der Waals surface area contributed by atoms with Crippen molar-refractivity contribution in [1.29, 1.82) is 0 Å². The van der Waals surface area contributed by atoms with Gasteiger partial charge in [0.05, 0.1) is 4.90 Å². The van der Waals surface area contributed by atoms with Crippen LogP contribution < -0.4 is 14.9 Å². The zero-order valence-electron chi connectivity index (χ0n) is 13.5. The van der Waals surface area contributed by atoms with E-state index in [1.54, 1.807) is 24.0 Å². The van der Waals surface area contributed by atoms with Crippen molar-refractivity contribution in [2.75, 3.05) is 18.0 Å². The van der Waals surface area contributed by atoms with Crippen molar-refractivity contribution in [2.45, 2.75) is 43.5 Å². The molecule has 2 amide bonds.